The van der Waals surface area contributed by atoms with E-state index < -0.39 is 10.7 Å². The Morgan fingerprint density at radius 2 is 2.18 bits per heavy atom. The maximum Gasteiger partial charge on any atom is 0.315 e. The highest BCUT2D eigenvalue weighted by atomic mass is 79.9. The SMILES string of the molecule is O=[N+]([O-])c1cc(F)cc(Br)c1OC1CC(Cl)C1. The lowest BCUT2D eigenvalue weighted by molar-refractivity contribution is -0.386. The molecule has 17 heavy (non-hydrogen) atoms. The van der Waals surface area contributed by atoms with Crippen LogP contribution in [0.25, 0.3) is 0 Å². The lowest BCUT2D eigenvalue weighted by Crippen LogP contribution is -2.34. The summed E-state index contributed by atoms with van der Waals surface area (Å²) in [5.41, 5.74) is -0.380. The van der Waals surface area contributed by atoms with Gasteiger partial charge in [-0.05, 0) is 22.0 Å². The number of alkyl halides is 1. The number of nitro groups is 1. The number of halogens is 3. The molecule has 0 heterocycles. The Morgan fingerprint density at radius 1 is 1.53 bits per heavy atom. The van der Waals surface area contributed by atoms with Gasteiger partial charge in [-0.3, -0.25) is 10.1 Å². The molecule has 4 nitrogen and oxygen atoms in total. The van der Waals surface area contributed by atoms with E-state index in [2.05, 4.69) is 15.9 Å². The predicted octanol–water partition coefficient (Wildman–Crippen LogP) is 3.65. The van der Waals surface area contributed by atoms with Crippen molar-refractivity contribution in [2.75, 3.05) is 0 Å². The summed E-state index contributed by atoms with van der Waals surface area (Å²) < 4.78 is 18.8. The lowest BCUT2D eigenvalue weighted by Gasteiger charge is -2.31. The smallest absolute Gasteiger partial charge is 0.315 e. The molecule has 1 aromatic rings. The largest absolute Gasteiger partial charge is 0.483 e. The fourth-order valence-corrected chi connectivity index (χ4v) is 2.48. The summed E-state index contributed by atoms with van der Waals surface area (Å²) in [6.07, 6.45) is 1.14. The molecule has 2 rings (SSSR count). The van der Waals surface area contributed by atoms with Crippen LogP contribution in [0.4, 0.5) is 10.1 Å². The number of hydrogen-bond acceptors (Lipinski definition) is 3. The molecule has 0 atom stereocenters. The Hall–Kier alpha value is -0.880. The summed E-state index contributed by atoms with van der Waals surface area (Å²) in [5, 5.41) is 10.8. The summed E-state index contributed by atoms with van der Waals surface area (Å²) in [6, 6.07) is 1.98. The molecular formula is C10H8BrClFNO3. The van der Waals surface area contributed by atoms with Crippen LogP contribution in [0.5, 0.6) is 5.75 Å². The van der Waals surface area contributed by atoms with Gasteiger partial charge in [0.2, 0.25) is 5.75 Å². The van der Waals surface area contributed by atoms with E-state index in [1.54, 1.807) is 0 Å². The van der Waals surface area contributed by atoms with Crippen molar-refractivity contribution < 1.29 is 14.1 Å². The maximum absolute atomic E-state index is 13.1. The van der Waals surface area contributed by atoms with Crippen molar-refractivity contribution in [2.45, 2.75) is 24.3 Å². The van der Waals surface area contributed by atoms with Crippen LogP contribution in [0.3, 0.4) is 0 Å². The predicted molar refractivity (Wildman–Crippen MR) is 64.0 cm³/mol. The standard InChI is InChI=1S/C10H8BrClFNO3/c11-8-3-6(13)4-9(14(15)16)10(8)17-7-1-5(12)2-7/h3-5,7H,1-2H2. The Labute approximate surface area is 110 Å². The van der Waals surface area contributed by atoms with Gasteiger partial charge in [0, 0.05) is 18.2 Å². The zero-order valence-corrected chi connectivity index (χ0v) is 10.9. The molecule has 1 fully saturated rings. The molecule has 0 bridgehead atoms. The summed E-state index contributed by atoms with van der Waals surface area (Å²) >= 11 is 8.85. The third-order valence-electron chi connectivity index (χ3n) is 2.51. The van der Waals surface area contributed by atoms with E-state index in [0.717, 1.165) is 12.1 Å². The number of benzene rings is 1. The molecule has 0 N–H and O–H groups in total. The highest BCUT2D eigenvalue weighted by Gasteiger charge is 2.32. The second-order valence-electron chi connectivity index (χ2n) is 3.80. The van der Waals surface area contributed by atoms with Crippen LogP contribution in [-0.2, 0) is 0 Å². The van der Waals surface area contributed by atoms with Crippen molar-refractivity contribution in [3.63, 3.8) is 0 Å². The lowest BCUT2D eigenvalue weighted by atomic mass is 9.95. The number of nitrogens with zero attached hydrogens (tertiary/aromatic N) is 1. The second kappa shape index (κ2) is 4.78. The van der Waals surface area contributed by atoms with E-state index in [0.29, 0.717) is 12.8 Å². The molecular weight excluding hydrogens is 316 g/mol. The van der Waals surface area contributed by atoms with E-state index in [1.165, 1.54) is 0 Å². The van der Waals surface area contributed by atoms with Crippen LogP contribution >= 0.6 is 27.5 Å². The van der Waals surface area contributed by atoms with Crippen LogP contribution in [0.15, 0.2) is 16.6 Å². The highest BCUT2D eigenvalue weighted by Crippen LogP contribution is 2.39. The van der Waals surface area contributed by atoms with Crippen LogP contribution < -0.4 is 4.74 Å². The number of nitro benzene ring substituents is 1. The molecule has 1 saturated carbocycles. The number of ether oxygens (including phenoxy) is 1. The minimum atomic E-state index is -0.681. The topological polar surface area (TPSA) is 52.4 Å². The van der Waals surface area contributed by atoms with Gasteiger partial charge in [0.25, 0.3) is 0 Å². The van der Waals surface area contributed by atoms with E-state index in [1.807, 2.05) is 0 Å². The van der Waals surface area contributed by atoms with Crippen LogP contribution in [0.1, 0.15) is 12.8 Å². The van der Waals surface area contributed by atoms with Crippen LogP contribution in [-0.4, -0.2) is 16.4 Å². The molecule has 1 aliphatic rings. The first-order valence-corrected chi connectivity index (χ1v) is 6.14. The zero-order valence-electron chi connectivity index (χ0n) is 8.53. The summed E-state index contributed by atoms with van der Waals surface area (Å²) in [5.74, 6) is -0.621. The third-order valence-corrected chi connectivity index (χ3v) is 3.45. The molecule has 0 amide bonds. The van der Waals surface area contributed by atoms with E-state index in [9.17, 15) is 14.5 Å². The first kappa shape index (κ1) is 12.6. The molecule has 92 valence electrons. The Morgan fingerprint density at radius 3 is 2.71 bits per heavy atom. The van der Waals surface area contributed by atoms with Gasteiger partial charge < -0.3 is 4.74 Å². The van der Waals surface area contributed by atoms with Crippen molar-refractivity contribution in [2.24, 2.45) is 0 Å². The number of rotatable bonds is 3. The number of hydrogen-bond donors (Lipinski definition) is 0. The van der Waals surface area contributed by atoms with Crippen molar-refractivity contribution in [1.29, 1.82) is 0 Å². The third kappa shape index (κ3) is 2.69. The first-order chi connectivity index (χ1) is 7.97. The monoisotopic (exact) mass is 323 g/mol. The fourth-order valence-electron chi connectivity index (χ4n) is 1.56. The van der Waals surface area contributed by atoms with Gasteiger partial charge in [0.05, 0.1) is 15.5 Å². The van der Waals surface area contributed by atoms with Gasteiger partial charge in [-0.2, -0.15) is 0 Å². The van der Waals surface area contributed by atoms with Crippen LogP contribution in [0.2, 0.25) is 0 Å². The fraction of sp³-hybridized carbons (Fsp3) is 0.400. The second-order valence-corrected chi connectivity index (χ2v) is 5.27. The van der Waals surface area contributed by atoms with Gasteiger partial charge in [-0.25, -0.2) is 4.39 Å². The Bertz CT molecular complexity index is 465. The minimum Gasteiger partial charge on any atom is -0.483 e. The average molecular weight is 325 g/mol. The van der Waals surface area contributed by atoms with Gasteiger partial charge in [-0.15, -0.1) is 11.6 Å². The van der Waals surface area contributed by atoms with E-state index >= 15 is 0 Å². The van der Waals surface area contributed by atoms with E-state index in [4.69, 9.17) is 16.3 Å². The molecule has 0 aromatic heterocycles. The molecule has 0 spiro atoms. The van der Waals surface area contributed by atoms with Crippen molar-refractivity contribution in [1.82, 2.24) is 0 Å². The first-order valence-electron chi connectivity index (χ1n) is 4.91. The van der Waals surface area contributed by atoms with Crippen molar-refractivity contribution in [3.8, 4) is 5.75 Å². The molecule has 0 saturated heterocycles. The van der Waals surface area contributed by atoms with Crippen LogP contribution in [0, 0.1) is 15.9 Å². The highest BCUT2D eigenvalue weighted by molar-refractivity contribution is 9.10. The minimum absolute atomic E-state index is 0.0540. The molecule has 1 aromatic carbocycles. The summed E-state index contributed by atoms with van der Waals surface area (Å²) in [7, 11) is 0. The van der Waals surface area contributed by atoms with Crippen molar-refractivity contribution in [3.05, 3.63) is 32.5 Å². The Balaban J connectivity index is 2.28. The van der Waals surface area contributed by atoms with E-state index in [-0.39, 0.29) is 27.4 Å². The van der Waals surface area contributed by atoms with Gasteiger partial charge >= 0.3 is 5.69 Å². The molecule has 0 radical (unpaired) electrons. The molecule has 0 unspecified atom stereocenters. The van der Waals surface area contributed by atoms with Crippen molar-refractivity contribution >= 4 is 33.2 Å². The summed E-state index contributed by atoms with van der Waals surface area (Å²) in [4.78, 5) is 10.1. The average Bonchev–Trinajstić information content (AvgIpc) is 2.18. The van der Waals surface area contributed by atoms with Gasteiger partial charge in [0.1, 0.15) is 11.9 Å². The summed E-state index contributed by atoms with van der Waals surface area (Å²) in [6.45, 7) is 0. The van der Waals surface area contributed by atoms with Gasteiger partial charge in [-0.1, -0.05) is 0 Å². The molecule has 1 aliphatic carbocycles. The zero-order chi connectivity index (χ0) is 12.6. The normalized spacial score (nSPS) is 23.0. The Kier molecular flexibility index (Phi) is 3.53. The molecule has 0 aliphatic heterocycles. The molecule has 7 heteroatoms. The maximum atomic E-state index is 13.1. The van der Waals surface area contributed by atoms with Gasteiger partial charge in [0.15, 0.2) is 0 Å². The quantitative estimate of drug-likeness (QED) is 0.484.